The Bertz CT molecular complexity index is 898. The number of hydrogen-bond donors (Lipinski definition) is 0. The van der Waals surface area contributed by atoms with Gasteiger partial charge < -0.3 is 9.47 Å². The molecule has 0 amide bonds. The first kappa shape index (κ1) is 31.2. The minimum atomic E-state index is -0.771. The third-order valence-corrected chi connectivity index (χ3v) is 7.89. The van der Waals surface area contributed by atoms with Crippen LogP contribution >= 0.6 is 0 Å². The quantitative estimate of drug-likeness (QED) is 0.183. The fraction of sp³-hybridized carbons (Fsp3) is 0.676. The van der Waals surface area contributed by atoms with Crippen molar-refractivity contribution < 1.29 is 14.3 Å². The molecule has 1 aliphatic carbocycles. The first-order chi connectivity index (χ1) is 17.5. The minimum absolute atomic E-state index is 0.236. The maximum Gasteiger partial charge on any atom is 0.337 e. The molecule has 0 radical (unpaired) electrons. The molecule has 208 valence electrons. The van der Waals surface area contributed by atoms with Crippen molar-refractivity contribution in [2.24, 2.45) is 17.8 Å². The van der Waals surface area contributed by atoms with Gasteiger partial charge in [0.15, 0.2) is 0 Å². The number of ether oxygens (including phenoxy) is 2. The highest BCUT2D eigenvalue weighted by molar-refractivity contribution is 5.83. The Labute approximate surface area is 228 Å². The molecule has 0 unspecified atom stereocenters. The summed E-state index contributed by atoms with van der Waals surface area (Å²) >= 11 is 0. The molecule has 0 N–H and O–H groups in total. The Morgan fingerprint density at radius 1 is 0.919 bits per heavy atom. The molecule has 0 bridgehead atoms. The van der Waals surface area contributed by atoms with Gasteiger partial charge in [-0.3, -0.25) is 0 Å². The predicted molar refractivity (Wildman–Crippen MR) is 157 cm³/mol. The largest absolute Gasteiger partial charge is 0.456 e. The Kier molecular flexibility index (Phi) is 13.0. The molecule has 37 heavy (non-hydrogen) atoms. The molecule has 2 aliphatic rings. The van der Waals surface area contributed by atoms with E-state index in [1.807, 2.05) is 0 Å². The van der Waals surface area contributed by atoms with Gasteiger partial charge in [-0.25, -0.2) is 4.79 Å². The lowest BCUT2D eigenvalue weighted by atomic mass is 9.72. The maximum absolute atomic E-state index is 12.5. The molecule has 1 heterocycles. The third kappa shape index (κ3) is 10.7. The zero-order valence-electron chi connectivity index (χ0n) is 25.1. The van der Waals surface area contributed by atoms with E-state index in [0.717, 1.165) is 70.0 Å². The SMILES string of the molecule is CC/C=C(\C)C/C(C)=C/CC/C(C)=C/CC/C(C)=C/CCC1=CC(=O)O[C@@]2(C[C@H](C)CC[C@H]2C(C)C)O1. The van der Waals surface area contributed by atoms with Crippen LogP contribution < -0.4 is 0 Å². The van der Waals surface area contributed by atoms with E-state index in [0.29, 0.717) is 11.8 Å². The summed E-state index contributed by atoms with van der Waals surface area (Å²) in [5.74, 6) is 0.968. The van der Waals surface area contributed by atoms with E-state index < -0.39 is 5.79 Å². The first-order valence-corrected chi connectivity index (χ1v) is 14.8. The molecule has 1 saturated carbocycles. The van der Waals surface area contributed by atoms with Crippen molar-refractivity contribution in [2.45, 2.75) is 132 Å². The summed E-state index contributed by atoms with van der Waals surface area (Å²) in [6, 6.07) is 0. The molecular formula is C34H54O3. The molecular weight excluding hydrogens is 456 g/mol. The van der Waals surface area contributed by atoms with Gasteiger partial charge >= 0.3 is 5.97 Å². The average molecular weight is 511 g/mol. The number of hydrogen-bond acceptors (Lipinski definition) is 3. The van der Waals surface area contributed by atoms with Crippen molar-refractivity contribution in [1.29, 1.82) is 0 Å². The van der Waals surface area contributed by atoms with Gasteiger partial charge in [0.05, 0.1) is 6.08 Å². The lowest BCUT2D eigenvalue weighted by Gasteiger charge is -2.48. The van der Waals surface area contributed by atoms with Crippen LogP contribution in [0.4, 0.5) is 0 Å². The molecule has 3 atom stereocenters. The summed E-state index contributed by atoms with van der Waals surface area (Å²) < 4.78 is 12.4. The van der Waals surface area contributed by atoms with E-state index in [1.54, 1.807) is 6.08 Å². The third-order valence-electron chi connectivity index (χ3n) is 7.89. The molecule has 0 aromatic heterocycles. The Hall–Kier alpha value is -2.03. The van der Waals surface area contributed by atoms with Crippen LogP contribution in [0.3, 0.4) is 0 Å². The Morgan fingerprint density at radius 2 is 1.51 bits per heavy atom. The molecule has 2 rings (SSSR count). The van der Waals surface area contributed by atoms with Gasteiger partial charge in [0.2, 0.25) is 0 Å². The van der Waals surface area contributed by atoms with E-state index >= 15 is 0 Å². The van der Waals surface area contributed by atoms with Gasteiger partial charge in [-0.2, -0.15) is 0 Å². The summed E-state index contributed by atoms with van der Waals surface area (Å²) in [5, 5.41) is 0. The molecule has 3 heteroatoms. The molecule has 1 aliphatic heterocycles. The monoisotopic (exact) mass is 510 g/mol. The molecule has 3 nitrogen and oxygen atoms in total. The smallest absolute Gasteiger partial charge is 0.337 e. The van der Waals surface area contributed by atoms with Gasteiger partial charge in [0.1, 0.15) is 5.76 Å². The number of carbonyl (C=O) groups excluding carboxylic acids is 1. The minimum Gasteiger partial charge on any atom is -0.456 e. The summed E-state index contributed by atoms with van der Waals surface area (Å²) in [7, 11) is 0. The van der Waals surface area contributed by atoms with Crippen LogP contribution in [0.15, 0.2) is 58.4 Å². The fourth-order valence-corrected chi connectivity index (χ4v) is 5.92. The van der Waals surface area contributed by atoms with Gasteiger partial charge in [0.25, 0.3) is 5.79 Å². The van der Waals surface area contributed by atoms with Crippen molar-refractivity contribution in [3.8, 4) is 0 Å². The van der Waals surface area contributed by atoms with Gasteiger partial charge in [-0.05, 0) is 97.3 Å². The highest BCUT2D eigenvalue weighted by atomic mass is 16.7. The van der Waals surface area contributed by atoms with E-state index in [9.17, 15) is 4.79 Å². The predicted octanol–water partition coefficient (Wildman–Crippen LogP) is 10.2. The highest BCUT2D eigenvalue weighted by Crippen LogP contribution is 2.47. The summed E-state index contributed by atoms with van der Waals surface area (Å²) in [5.41, 5.74) is 5.82. The molecule has 0 aromatic rings. The normalized spacial score (nSPS) is 25.9. The van der Waals surface area contributed by atoms with E-state index in [1.165, 1.54) is 28.7 Å². The van der Waals surface area contributed by atoms with Crippen molar-refractivity contribution in [2.75, 3.05) is 0 Å². The second-order valence-corrected chi connectivity index (χ2v) is 12.1. The molecule has 0 aromatic carbocycles. The van der Waals surface area contributed by atoms with Crippen LogP contribution in [0.5, 0.6) is 0 Å². The average Bonchev–Trinajstić information content (AvgIpc) is 2.78. The van der Waals surface area contributed by atoms with Gasteiger partial charge in [0, 0.05) is 18.8 Å². The Balaban J connectivity index is 1.79. The van der Waals surface area contributed by atoms with E-state index in [-0.39, 0.29) is 11.9 Å². The number of carbonyl (C=O) groups is 1. The zero-order chi connectivity index (χ0) is 27.4. The topological polar surface area (TPSA) is 35.5 Å². The summed E-state index contributed by atoms with van der Waals surface area (Å²) in [6.45, 7) is 17.8. The lowest BCUT2D eigenvalue weighted by molar-refractivity contribution is -0.269. The number of esters is 1. The number of rotatable bonds is 13. The van der Waals surface area contributed by atoms with Crippen molar-refractivity contribution in [3.05, 3.63) is 58.4 Å². The standard InChI is InChI=1S/C34H54O3/c1-9-13-28(6)22-29(7)18-11-16-26(4)14-10-15-27(5)17-12-19-31-23-33(35)37-34(36-31)24-30(8)20-21-32(34)25(2)3/h13-14,17-18,23,25,30,32H,9-12,15-16,19-22,24H2,1-8H3/b26-14+,27-17+,28-13+,29-18+/t30-,32+,34-/m1/s1. The van der Waals surface area contributed by atoms with E-state index in [2.05, 4.69) is 79.7 Å². The number of allylic oxidation sites excluding steroid dienone is 9. The fourth-order valence-electron chi connectivity index (χ4n) is 5.92. The lowest BCUT2D eigenvalue weighted by Crippen LogP contribution is -2.52. The van der Waals surface area contributed by atoms with Gasteiger partial charge in [-0.15, -0.1) is 0 Å². The van der Waals surface area contributed by atoms with Crippen molar-refractivity contribution in [3.63, 3.8) is 0 Å². The highest BCUT2D eigenvalue weighted by Gasteiger charge is 2.51. The van der Waals surface area contributed by atoms with Crippen LogP contribution in [0, 0.1) is 17.8 Å². The van der Waals surface area contributed by atoms with Crippen LogP contribution in [-0.2, 0) is 14.3 Å². The second-order valence-electron chi connectivity index (χ2n) is 12.1. The van der Waals surface area contributed by atoms with Crippen molar-refractivity contribution >= 4 is 5.97 Å². The molecule has 1 spiro atoms. The maximum atomic E-state index is 12.5. The van der Waals surface area contributed by atoms with Crippen molar-refractivity contribution in [1.82, 2.24) is 0 Å². The van der Waals surface area contributed by atoms with Crippen LogP contribution in [0.25, 0.3) is 0 Å². The Morgan fingerprint density at radius 3 is 2.14 bits per heavy atom. The van der Waals surface area contributed by atoms with Crippen LogP contribution in [0.1, 0.15) is 126 Å². The van der Waals surface area contributed by atoms with E-state index in [4.69, 9.17) is 9.47 Å². The summed E-state index contributed by atoms with van der Waals surface area (Å²) in [6.07, 6.45) is 22.3. The van der Waals surface area contributed by atoms with Gasteiger partial charge in [-0.1, -0.05) is 74.3 Å². The molecule has 0 saturated heterocycles. The second kappa shape index (κ2) is 15.4. The first-order valence-electron chi connectivity index (χ1n) is 14.8. The molecule has 1 fully saturated rings. The van der Waals surface area contributed by atoms with Crippen LogP contribution in [0.2, 0.25) is 0 Å². The van der Waals surface area contributed by atoms with Crippen LogP contribution in [-0.4, -0.2) is 11.8 Å². The zero-order valence-corrected chi connectivity index (χ0v) is 25.1. The summed E-state index contributed by atoms with van der Waals surface area (Å²) in [4.78, 5) is 12.5.